The standard InChI is InChI=1S/C16H20N2O2S/c1-12(5-8-15-4-3-11-20-15)17-16(21)18-13-6-9-14(19-2)10-7-13/h3-4,6-7,9-12H,5,8H2,1-2H3,(H2,17,18,21)/t12-/m1/s1. The van der Waals surface area contributed by atoms with Crippen molar-refractivity contribution < 1.29 is 9.15 Å². The van der Waals surface area contributed by atoms with Crippen molar-refractivity contribution in [3.8, 4) is 5.75 Å². The molecule has 2 aromatic rings. The number of ether oxygens (including phenoxy) is 1. The number of methoxy groups -OCH3 is 1. The molecule has 0 saturated carbocycles. The van der Waals surface area contributed by atoms with Crippen molar-refractivity contribution in [1.82, 2.24) is 5.32 Å². The van der Waals surface area contributed by atoms with E-state index in [0.717, 1.165) is 30.0 Å². The summed E-state index contributed by atoms with van der Waals surface area (Å²) >= 11 is 5.31. The molecule has 0 amide bonds. The van der Waals surface area contributed by atoms with Crippen LogP contribution < -0.4 is 15.4 Å². The molecule has 21 heavy (non-hydrogen) atoms. The summed E-state index contributed by atoms with van der Waals surface area (Å²) in [5.41, 5.74) is 0.937. The normalized spacial score (nSPS) is 11.7. The van der Waals surface area contributed by atoms with Gasteiger partial charge in [0, 0.05) is 18.2 Å². The lowest BCUT2D eigenvalue weighted by molar-refractivity contribution is 0.415. The lowest BCUT2D eigenvalue weighted by Gasteiger charge is -2.16. The fourth-order valence-corrected chi connectivity index (χ4v) is 2.27. The van der Waals surface area contributed by atoms with Gasteiger partial charge in [0.1, 0.15) is 11.5 Å². The Hall–Kier alpha value is -2.01. The molecule has 4 nitrogen and oxygen atoms in total. The minimum atomic E-state index is 0.272. The molecular formula is C16H20N2O2S. The van der Waals surface area contributed by atoms with Crippen molar-refractivity contribution in [1.29, 1.82) is 0 Å². The number of anilines is 1. The number of hydrogen-bond acceptors (Lipinski definition) is 3. The number of hydrogen-bond donors (Lipinski definition) is 2. The van der Waals surface area contributed by atoms with Crippen LogP contribution in [0.25, 0.3) is 0 Å². The zero-order valence-corrected chi connectivity index (χ0v) is 13.1. The maximum Gasteiger partial charge on any atom is 0.170 e. The van der Waals surface area contributed by atoms with Gasteiger partial charge in [-0.1, -0.05) is 0 Å². The van der Waals surface area contributed by atoms with Crippen molar-refractivity contribution in [2.24, 2.45) is 0 Å². The number of aryl methyl sites for hydroxylation is 1. The van der Waals surface area contributed by atoms with Gasteiger partial charge < -0.3 is 19.8 Å². The molecule has 1 heterocycles. The van der Waals surface area contributed by atoms with E-state index in [1.54, 1.807) is 13.4 Å². The SMILES string of the molecule is COc1ccc(NC(=S)N[C@H](C)CCc2ccco2)cc1. The first-order valence-electron chi connectivity index (χ1n) is 6.91. The summed E-state index contributed by atoms with van der Waals surface area (Å²) in [6, 6.07) is 11.8. The number of benzene rings is 1. The molecule has 0 saturated heterocycles. The molecule has 0 bridgehead atoms. The smallest absolute Gasteiger partial charge is 0.170 e. The highest BCUT2D eigenvalue weighted by molar-refractivity contribution is 7.80. The maximum absolute atomic E-state index is 5.32. The van der Waals surface area contributed by atoms with Gasteiger partial charge in [0.25, 0.3) is 0 Å². The minimum absolute atomic E-state index is 0.272. The zero-order chi connectivity index (χ0) is 15.1. The third kappa shape index (κ3) is 5.11. The molecule has 0 spiro atoms. The quantitative estimate of drug-likeness (QED) is 0.799. The maximum atomic E-state index is 5.32. The Balaban J connectivity index is 1.75. The summed E-state index contributed by atoms with van der Waals surface area (Å²) in [5.74, 6) is 1.82. The topological polar surface area (TPSA) is 46.4 Å². The predicted octanol–water partition coefficient (Wildman–Crippen LogP) is 3.60. The van der Waals surface area contributed by atoms with E-state index in [1.807, 2.05) is 36.4 Å². The Morgan fingerprint density at radius 1 is 1.29 bits per heavy atom. The number of nitrogens with one attached hydrogen (secondary N) is 2. The average molecular weight is 304 g/mol. The van der Waals surface area contributed by atoms with Crippen molar-refractivity contribution in [3.63, 3.8) is 0 Å². The highest BCUT2D eigenvalue weighted by Crippen LogP contribution is 2.15. The molecule has 1 aromatic carbocycles. The Kier molecular flexibility index (Phi) is 5.63. The monoisotopic (exact) mass is 304 g/mol. The van der Waals surface area contributed by atoms with Crippen molar-refractivity contribution in [3.05, 3.63) is 48.4 Å². The van der Waals surface area contributed by atoms with Crippen LogP contribution in [0.4, 0.5) is 5.69 Å². The van der Waals surface area contributed by atoms with Crippen LogP contribution >= 0.6 is 12.2 Å². The van der Waals surface area contributed by atoms with Crippen LogP contribution in [0, 0.1) is 0 Å². The molecule has 0 fully saturated rings. The van der Waals surface area contributed by atoms with Gasteiger partial charge in [-0.05, 0) is 62.0 Å². The molecule has 112 valence electrons. The highest BCUT2D eigenvalue weighted by atomic mass is 32.1. The summed E-state index contributed by atoms with van der Waals surface area (Å²) in [6.07, 6.45) is 3.55. The van der Waals surface area contributed by atoms with E-state index in [4.69, 9.17) is 21.4 Å². The average Bonchev–Trinajstić information content (AvgIpc) is 2.99. The third-order valence-corrected chi connectivity index (χ3v) is 3.35. The van der Waals surface area contributed by atoms with Crippen LogP contribution in [0.2, 0.25) is 0 Å². The van der Waals surface area contributed by atoms with Crippen LogP contribution in [-0.4, -0.2) is 18.3 Å². The van der Waals surface area contributed by atoms with Crippen LogP contribution in [0.5, 0.6) is 5.75 Å². The van der Waals surface area contributed by atoms with Crippen LogP contribution in [0.15, 0.2) is 47.1 Å². The van der Waals surface area contributed by atoms with Gasteiger partial charge in [0.15, 0.2) is 5.11 Å². The van der Waals surface area contributed by atoms with Crippen molar-refractivity contribution in [2.45, 2.75) is 25.8 Å². The molecule has 1 aromatic heterocycles. The van der Waals surface area contributed by atoms with Gasteiger partial charge in [-0.15, -0.1) is 0 Å². The van der Waals surface area contributed by atoms with Gasteiger partial charge >= 0.3 is 0 Å². The molecule has 2 N–H and O–H groups in total. The van der Waals surface area contributed by atoms with Crippen LogP contribution in [0.3, 0.4) is 0 Å². The van der Waals surface area contributed by atoms with Crippen LogP contribution in [-0.2, 0) is 6.42 Å². The van der Waals surface area contributed by atoms with E-state index in [2.05, 4.69) is 17.6 Å². The Bertz CT molecular complexity index is 552. The fourth-order valence-electron chi connectivity index (χ4n) is 1.95. The number of thiocarbonyl (C=S) groups is 1. The Morgan fingerprint density at radius 3 is 2.67 bits per heavy atom. The second-order valence-corrected chi connectivity index (χ2v) is 5.25. The second-order valence-electron chi connectivity index (χ2n) is 4.85. The van der Waals surface area contributed by atoms with E-state index in [1.165, 1.54) is 0 Å². The molecule has 1 atom stereocenters. The van der Waals surface area contributed by atoms with E-state index in [0.29, 0.717) is 5.11 Å². The molecular weight excluding hydrogens is 284 g/mol. The van der Waals surface area contributed by atoms with Gasteiger partial charge in [0.05, 0.1) is 13.4 Å². The summed E-state index contributed by atoms with van der Waals surface area (Å²) in [5, 5.41) is 7.04. The zero-order valence-electron chi connectivity index (χ0n) is 12.3. The van der Waals surface area contributed by atoms with Crippen LogP contribution in [0.1, 0.15) is 19.1 Å². The highest BCUT2D eigenvalue weighted by Gasteiger charge is 2.06. The Labute approximate surface area is 130 Å². The van der Waals surface area contributed by atoms with Gasteiger partial charge in [-0.3, -0.25) is 0 Å². The van der Waals surface area contributed by atoms with E-state index < -0.39 is 0 Å². The molecule has 0 radical (unpaired) electrons. The lowest BCUT2D eigenvalue weighted by atomic mass is 10.1. The van der Waals surface area contributed by atoms with E-state index in [9.17, 15) is 0 Å². The molecule has 2 rings (SSSR count). The Morgan fingerprint density at radius 2 is 2.05 bits per heavy atom. The predicted molar refractivity (Wildman–Crippen MR) is 88.8 cm³/mol. The molecule has 0 aliphatic carbocycles. The van der Waals surface area contributed by atoms with Crippen molar-refractivity contribution >= 4 is 23.0 Å². The number of rotatable bonds is 6. The second kappa shape index (κ2) is 7.69. The molecule has 0 aliphatic rings. The van der Waals surface area contributed by atoms with Gasteiger partial charge in [-0.2, -0.15) is 0 Å². The largest absolute Gasteiger partial charge is 0.497 e. The lowest BCUT2D eigenvalue weighted by Crippen LogP contribution is -2.36. The first-order valence-corrected chi connectivity index (χ1v) is 7.32. The molecule has 5 heteroatoms. The third-order valence-electron chi connectivity index (χ3n) is 3.13. The summed E-state index contributed by atoms with van der Waals surface area (Å²) in [4.78, 5) is 0. The minimum Gasteiger partial charge on any atom is -0.497 e. The summed E-state index contributed by atoms with van der Waals surface area (Å²) < 4.78 is 10.4. The van der Waals surface area contributed by atoms with Gasteiger partial charge in [-0.25, -0.2) is 0 Å². The van der Waals surface area contributed by atoms with E-state index >= 15 is 0 Å². The van der Waals surface area contributed by atoms with Gasteiger partial charge in [0.2, 0.25) is 0 Å². The summed E-state index contributed by atoms with van der Waals surface area (Å²) in [6.45, 7) is 2.10. The summed E-state index contributed by atoms with van der Waals surface area (Å²) in [7, 11) is 1.65. The first kappa shape index (κ1) is 15.4. The first-order chi connectivity index (χ1) is 10.2. The molecule has 0 aliphatic heterocycles. The van der Waals surface area contributed by atoms with Crippen molar-refractivity contribution in [2.75, 3.05) is 12.4 Å². The molecule has 0 unspecified atom stereocenters. The number of furan rings is 1. The van der Waals surface area contributed by atoms with E-state index in [-0.39, 0.29) is 6.04 Å². The fraction of sp³-hybridized carbons (Fsp3) is 0.312.